The van der Waals surface area contributed by atoms with Crippen molar-refractivity contribution in [3.63, 3.8) is 0 Å². The molecule has 0 spiro atoms. The van der Waals surface area contributed by atoms with E-state index in [4.69, 9.17) is 5.73 Å². The van der Waals surface area contributed by atoms with Gasteiger partial charge in [-0.3, -0.25) is 9.78 Å². The highest BCUT2D eigenvalue weighted by Crippen LogP contribution is 2.33. The van der Waals surface area contributed by atoms with Gasteiger partial charge in [0.2, 0.25) is 5.91 Å². The van der Waals surface area contributed by atoms with E-state index in [1.165, 1.54) is 0 Å². The first kappa shape index (κ1) is 14.0. The molecule has 21 heavy (non-hydrogen) atoms. The number of nitrogens with one attached hydrogen (secondary N) is 1. The molecule has 1 fully saturated rings. The van der Waals surface area contributed by atoms with Gasteiger partial charge in [0.25, 0.3) is 0 Å². The molecule has 1 heterocycles. The molecule has 0 radical (unpaired) electrons. The van der Waals surface area contributed by atoms with Crippen LogP contribution >= 0.6 is 0 Å². The molecule has 0 aliphatic heterocycles. The number of carbonyl (C=O) groups excluding carboxylic acids is 1. The molecule has 1 aliphatic rings. The van der Waals surface area contributed by atoms with Crippen molar-refractivity contribution in [3.05, 3.63) is 36.0 Å². The van der Waals surface area contributed by atoms with E-state index < -0.39 is 0 Å². The number of rotatable bonds is 3. The Kier molecular flexibility index (Phi) is 3.88. The number of hydrogen-bond donors (Lipinski definition) is 2. The topological polar surface area (TPSA) is 68.0 Å². The second-order valence-electron chi connectivity index (χ2n) is 5.85. The Bertz CT molecular complexity index is 668. The van der Waals surface area contributed by atoms with Gasteiger partial charge in [-0.2, -0.15) is 0 Å². The van der Waals surface area contributed by atoms with E-state index in [-0.39, 0.29) is 11.8 Å². The number of anilines is 1. The molecular weight excluding hydrogens is 262 g/mol. The third kappa shape index (κ3) is 2.63. The molecule has 4 nitrogen and oxygen atoms in total. The molecule has 2 atom stereocenters. The Hall–Kier alpha value is -1.94. The van der Waals surface area contributed by atoms with Gasteiger partial charge in [-0.05, 0) is 56.0 Å². The lowest BCUT2D eigenvalue weighted by molar-refractivity contribution is -0.120. The van der Waals surface area contributed by atoms with Gasteiger partial charge >= 0.3 is 0 Å². The van der Waals surface area contributed by atoms with Crippen LogP contribution in [0.15, 0.2) is 30.5 Å². The zero-order chi connectivity index (χ0) is 14.8. The van der Waals surface area contributed by atoms with Gasteiger partial charge in [0, 0.05) is 17.5 Å². The third-order valence-corrected chi connectivity index (χ3v) is 4.53. The number of hydrogen-bond acceptors (Lipinski definition) is 3. The molecule has 110 valence electrons. The van der Waals surface area contributed by atoms with E-state index in [2.05, 4.69) is 10.3 Å². The highest BCUT2D eigenvalue weighted by molar-refractivity contribution is 6.02. The number of carbonyl (C=O) groups is 1. The maximum Gasteiger partial charge on any atom is 0.227 e. The van der Waals surface area contributed by atoms with E-state index >= 15 is 0 Å². The van der Waals surface area contributed by atoms with Gasteiger partial charge in [-0.15, -0.1) is 0 Å². The minimum absolute atomic E-state index is 0.0445. The number of benzene rings is 1. The predicted molar refractivity (Wildman–Crippen MR) is 85.0 cm³/mol. The monoisotopic (exact) mass is 283 g/mol. The van der Waals surface area contributed by atoms with Gasteiger partial charge in [0.05, 0.1) is 11.2 Å². The average Bonchev–Trinajstić information content (AvgIpc) is 2.99. The normalized spacial score (nSPS) is 21.6. The number of amides is 1. The highest BCUT2D eigenvalue weighted by Gasteiger charge is 2.32. The first-order chi connectivity index (χ1) is 10.2. The molecule has 1 aliphatic carbocycles. The molecule has 0 bridgehead atoms. The number of aromatic nitrogens is 1. The van der Waals surface area contributed by atoms with Crippen molar-refractivity contribution in [1.29, 1.82) is 0 Å². The van der Waals surface area contributed by atoms with Crippen molar-refractivity contribution in [2.24, 2.45) is 17.6 Å². The predicted octanol–water partition coefficient (Wildman–Crippen LogP) is 2.86. The second-order valence-corrected chi connectivity index (χ2v) is 5.85. The van der Waals surface area contributed by atoms with Crippen LogP contribution in [0.4, 0.5) is 5.69 Å². The molecule has 1 aromatic carbocycles. The standard InChI is InChI=1S/C17H21N3O/c1-11-7-8-15(14-6-3-9-19-16(11)14)20-17(21)13-5-2-4-12(13)10-18/h3,6-9,12-13H,2,4-5,10,18H2,1H3,(H,20,21). The number of nitrogens with two attached hydrogens (primary N) is 1. The van der Waals surface area contributed by atoms with Crippen LogP contribution in [0.3, 0.4) is 0 Å². The lowest BCUT2D eigenvalue weighted by Gasteiger charge is -2.18. The summed E-state index contributed by atoms with van der Waals surface area (Å²) >= 11 is 0. The summed E-state index contributed by atoms with van der Waals surface area (Å²) < 4.78 is 0. The van der Waals surface area contributed by atoms with Crippen LogP contribution in [-0.2, 0) is 4.79 Å². The summed E-state index contributed by atoms with van der Waals surface area (Å²) in [6, 6.07) is 7.86. The Morgan fingerprint density at radius 1 is 1.38 bits per heavy atom. The minimum Gasteiger partial charge on any atom is -0.330 e. The van der Waals surface area contributed by atoms with E-state index in [9.17, 15) is 4.79 Å². The van der Waals surface area contributed by atoms with Crippen LogP contribution in [-0.4, -0.2) is 17.4 Å². The lowest BCUT2D eigenvalue weighted by Crippen LogP contribution is -2.29. The molecular formula is C17H21N3O. The van der Waals surface area contributed by atoms with Gasteiger partial charge in [-0.25, -0.2) is 0 Å². The number of aryl methyl sites for hydroxylation is 1. The lowest BCUT2D eigenvalue weighted by atomic mass is 9.95. The zero-order valence-electron chi connectivity index (χ0n) is 12.3. The molecule has 1 saturated carbocycles. The number of pyridine rings is 1. The van der Waals surface area contributed by atoms with Crippen LogP contribution < -0.4 is 11.1 Å². The van der Waals surface area contributed by atoms with Crippen molar-refractivity contribution in [2.45, 2.75) is 26.2 Å². The van der Waals surface area contributed by atoms with E-state index in [1.54, 1.807) is 6.20 Å². The maximum atomic E-state index is 12.5. The minimum atomic E-state index is 0.0445. The van der Waals surface area contributed by atoms with Crippen molar-refractivity contribution in [1.82, 2.24) is 4.98 Å². The fourth-order valence-corrected chi connectivity index (χ4v) is 3.31. The fourth-order valence-electron chi connectivity index (χ4n) is 3.31. The quantitative estimate of drug-likeness (QED) is 0.910. The van der Waals surface area contributed by atoms with Crippen molar-refractivity contribution in [2.75, 3.05) is 11.9 Å². The second kappa shape index (κ2) is 5.82. The molecule has 2 unspecified atom stereocenters. The molecule has 4 heteroatoms. The van der Waals surface area contributed by atoms with Gasteiger partial charge in [0.1, 0.15) is 0 Å². The van der Waals surface area contributed by atoms with Crippen molar-refractivity contribution >= 4 is 22.5 Å². The average molecular weight is 283 g/mol. The summed E-state index contributed by atoms with van der Waals surface area (Å²) in [4.78, 5) is 16.9. The molecule has 1 amide bonds. The fraction of sp³-hybridized carbons (Fsp3) is 0.412. The molecule has 0 saturated heterocycles. The van der Waals surface area contributed by atoms with Crippen LogP contribution in [0.5, 0.6) is 0 Å². The Morgan fingerprint density at radius 2 is 2.24 bits per heavy atom. The van der Waals surface area contributed by atoms with Crippen molar-refractivity contribution in [3.8, 4) is 0 Å². The summed E-state index contributed by atoms with van der Waals surface area (Å²) in [7, 11) is 0. The van der Waals surface area contributed by atoms with E-state index in [0.717, 1.165) is 41.4 Å². The van der Waals surface area contributed by atoms with Crippen LogP contribution in [0.1, 0.15) is 24.8 Å². The number of nitrogens with zero attached hydrogens (tertiary/aromatic N) is 1. The molecule has 3 rings (SSSR count). The van der Waals surface area contributed by atoms with Crippen LogP contribution in [0, 0.1) is 18.8 Å². The van der Waals surface area contributed by atoms with Crippen molar-refractivity contribution < 1.29 is 4.79 Å². The Labute approximate surface area is 124 Å². The van der Waals surface area contributed by atoms with Gasteiger partial charge in [0.15, 0.2) is 0 Å². The zero-order valence-corrected chi connectivity index (χ0v) is 12.3. The van der Waals surface area contributed by atoms with E-state index in [1.807, 2.05) is 31.2 Å². The number of fused-ring (bicyclic) bond motifs is 1. The largest absolute Gasteiger partial charge is 0.330 e. The SMILES string of the molecule is Cc1ccc(NC(=O)C2CCCC2CN)c2cccnc12. The van der Waals surface area contributed by atoms with Gasteiger partial charge in [-0.1, -0.05) is 12.5 Å². The van der Waals surface area contributed by atoms with Crippen LogP contribution in [0.2, 0.25) is 0 Å². The third-order valence-electron chi connectivity index (χ3n) is 4.53. The van der Waals surface area contributed by atoms with Gasteiger partial charge < -0.3 is 11.1 Å². The van der Waals surface area contributed by atoms with E-state index in [0.29, 0.717) is 12.5 Å². The molecule has 3 N–H and O–H groups in total. The Morgan fingerprint density at radius 3 is 3.05 bits per heavy atom. The smallest absolute Gasteiger partial charge is 0.227 e. The highest BCUT2D eigenvalue weighted by atomic mass is 16.1. The first-order valence-corrected chi connectivity index (χ1v) is 7.56. The summed E-state index contributed by atoms with van der Waals surface area (Å²) in [5.41, 5.74) is 8.68. The first-order valence-electron chi connectivity index (χ1n) is 7.56. The van der Waals surface area contributed by atoms with Crippen LogP contribution in [0.25, 0.3) is 10.9 Å². The molecule has 2 aromatic rings. The summed E-state index contributed by atoms with van der Waals surface area (Å²) in [6.07, 6.45) is 4.87. The summed E-state index contributed by atoms with van der Waals surface area (Å²) in [5.74, 6) is 0.458. The summed E-state index contributed by atoms with van der Waals surface area (Å²) in [5, 5.41) is 4.08. The Balaban J connectivity index is 1.88. The molecule has 1 aromatic heterocycles. The summed E-state index contributed by atoms with van der Waals surface area (Å²) in [6.45, 7) is 2.62. The maximum absolute atomic E-state index is 12.5.